The van der Waals surface area contributed by atoms with Gasteiger partial charge < -0.3 is 9.30 Å². The molecule has 1 atom stereocenters. The minimum absolute atomic E-state index is 0.281. The molecular weight excluding hydrogens is 185 g/mol. The lowest BCUT2D eigenvalue weighted by Crippen LogP contribution is -2.11. The van der Waals surface area contributed by atoms with E-state index in [1.54, 1.807) is 13.3 Å². The summed E-state index contributed by atoms with van der Waals surface area (Å²) in [6, 6.07) is 0.285. The number of hydrogen-bond donors (Lipinski definition) is 0. The second-order valence-electron chi connectivity index (χ2n) is 3.80. The van der Waals surface area contributed by atoms with E-state index in [1.807, 2.05) is 19.1 Å². The monoisotopic (exact) mass is 201 g/mol. The number of aliphatic imine (C=N–C) groups is 1. The van der Waals surface area contributed by atoms with Gasteiger partial charge in [0.05, 0.1) is 6.04 Å². The molecule has 4 heteroatoms. The molecule has 3 nitrogen and oxygen atoms in total. The molecule has 13 heavy (non-hydrogen) atoms. The van der Waals surface area contributed by atoms with Gasteiger partial charge in [-0.25, -0.2) is 4.99 Å². The van der Waals surface area contributed by atoms with E-state index in [1.165, 1.54) is 0 Å². The molecule has 1 heterocycles. The van der Waals surface area contributed by atoms with Crippen LogP contribution in [0.1, 0.15) is 13.3 Å². The van der Waals surface area contributed by atoms with E-state index in [4.69, 9.17) is 4.74 Å². The number of dihydropyridines is 1. The zero-order valence-electron chi connectivity index (χ0n) is 8.36. The summed E-state index contributed by atoms with van der Waals surface area (Å²) in [6.45, 7) is 5.46. The van der Waals surface area contributed by atoms with Gasteiger partial charge in [-0.15, -0.1) is 0 Å². The van der Waals surface area contributed by atoms with Crippen LogP contribution in [0.3, 0.4) is 0 Å². The summed E-state index contributed by atoms with van der Waals surface area (Å²) in [4.78, 5) is 4.27. The van der Waals surface area contributed by atoms with Crippen LogP contribution in [0, 0.1) is 0 Å². The average Bonchev–Trinajstić information content (AvgIpc) is 2.00. The van der Waals surface area contributed by atoms with Crippen molar-refractivity contribution >= 4 is 13.0 Å². The van der Waals surface area contributed by atoms with E-state index >= 15 is 0 Å². The van der Waals surface area contributed by atoms with Crippen molar-refractivity contribution in [2.45, 2.75) is 19.4 Å². The molecule has 0 aliphatic carbocycles. The first kappa shape index (κ1) is 10.5. The summed E-state index contributed by atoms with van der Waals surface area (Å²) in [5.74, 6) is 0.614. The van der Waals surface area contributed by atoms with Crippen molar-refractivity contribution in [3.63, 3.8) is 0 Å². The first-order valence-corrected chi connectivity index (χ1v) is 7.17. The lowest BCUT2D eigenvalue weighted by Gasteiger charge is -2.14. The Bertz CT molecular complexity index is 277. The van der Waals surface area contributed by atoms with Gasteiger partial charge in [-0.3, -0.25) is 0 Å². The average molecular weight is 201 g/mol. The number of rotatable bonds is 2. The molecule has 0 spiro atoms. The molecule has 0 radical (unpaired) electrons. The molecule has 0 saturated carbocycles. The highest BCUT2D eigenvalue weighted by Crippen LogP contribution is 2.35. The molecule has 0 aromatic carbocycles. The second-order valence-corrected chi connectivity index (χ2v) is 7.21. The molecule has 0 amide bonds. The zero-order valence-corrected chi connectivity index (χ0v) is 9.25. The molecule has 1 rings (SSSR count). The highest BCUT2D eigenvalue weighted by molar-refractivity contribution is 7.62. The van der Waals surface area contributed by atoms with E-state index in [9.17, 15) is 4.57 Å². The zero-order chi connectivity index (χ0) is 9.90. The van der Waals surface area contributed by atoms with Crippen LogP contribution >= 0.6 is 7.14 Å². The van der Waals surface area contributed by atoms with Gasteiger partial charge in [0.2, 0.25) is 5.90 Å². The summed E-state index contributed by atoms with van der Waals surface area (Å²) >= 11 is 0. The Kier molecular flexibility index (Phi) is 3.32. The van der Waals surface area contributed by atoms with Gasteiger partial charge in [0.1, 0.15) is 13.5 Å². The fraction of sp³-hybridized carbons (Fsp3) is 0.667. The van der Waals surface area contributed by atoms with Crippen LogP contribution in [-0.4, -0.2) is 31.6 Å². The third kappa shape index (κ3) is 4.28. The van der Waals surface area contributed by atoms with E-state index < -0.39 is 7.14 Å². The Labute approximate surface area is 79.3 Å². The van der Waals surface area contributed by atoms with Crippen molar-refractivity contribution in [2.24, 2.45) is 4.99 Å². The van der Waals surface area contributed by atoms with E-state index in [2.05, 4.69) is 4.99 Å². The normalized spacial score (nSPS) is 22.7. The van der Waals surface area contributed by atoms with Gasteiger partial charge in [0.25, 0.3) is 0 Å². The maximum atomic E-state index is 11.3. The minimum Gasteiger partial charge on any atom is -0.470 e. The van der Waals surface area contributed by atoms with Gasteiger partial charge in [0, 0.05) is 0 Å². The van der Waals surface area contributed by atoms with Crippen LogP contribution in [0.2, 0.25) is 0 Å². The first-order valence-electron chi connectivity index (χ1n) is 4.38. The van der Waals surface area contributed by atoms with Crippen molar-refractivity contribution in [2.75, 3.05) is 19.7 Å². The van der Waals surface area contributed by atoms with Crippen molar-refractivity contribution in [3.05, 3.63) is 12.2 Å². The Morgan fingerprint density at radius 1 is 1.69 bits per heavy atom. The van der Waals surface area contributed by atoms with Gasteiger partial charge >= 0.3 is 0 Å². The predicted molar refractivity (Wildman–Crippen MR) is 56.1 cm³/mol. The summed E-state index contributed by atoms with van der Waals surface area (Å²) in [5, 5.41) is 0. The van der Waals surface area contributed by atoms with Crippen LogP contribution in [0.15, 0.2) is 17.1 Å². The summed E-state index contributed by atoms with van der Waals surface area (Å²) < 4.78 is 16.7. The van der Waals surface area contributed by atoms with Crippen LogP contribution < -0.4 is 0 Å². The smallest absolute Gasteiger partial charge is 0.208 e. The van der Waals surface area contributed by atoms with Crippen molar-refractivity contribution in [3.8, 4) is 0 Å². The summed E-state index contributed by atoms with van der Waals surface area (Å²) in [7, 11) is -2.09. The fourth-order valence-electron chi connectivity index (χ4n) is 0.986. The van der Waals surface area contributed by atoms with Crippen LogP contribution in [0.4, 0.5) is 0 Å². The molecule has 0 saturated heterocycles. The van der Waals surface area contributed by atoms with Gasteiger partial charge in [-0.1, -0.05) is 6.08 Å². The molecule has 74 valence electrons. The third-order valence-corrected chi connectivity index (χ3v) is 2.36. The predicted octanol–water partition coefficient (Wildman–Crippen LogP) is 2.33. The summed E-state index contributed by atoms with van der Waals surface area (Å²) in [5.41, 5.74) is 0. The fourth-order valence-corrected chi connectivity index (χ4v) is 1.43. The standard InChI is InChI=1S/C9H16NO2P/c1-8-5-4-6-9(10-8)12-7-13(2,3)11/h4,6,8H,5,7H2,1-3H3. The molecule has 0 aromatic rings. The van der Waals surface area contributed by atoms with E-state index in [-0.39, 0.29) is 12.4 Å². The van der Waals surface area contributed by atoms with Crippen LogP contribution in [0.25, 0.3) is 0 Å². The number of nitrogens with zero attached hydrogens (tertiary/aromatic N) is 1. The highest BCUT2D eigenvalue weighted by atomic mass is 31.2. The first-order chi connectivity index (χ1) is 5.97. The van der Waals surface area contributed by atoms with Crippen molar-refractivity contribution in [1.29, 1.82) is 0 Å². The molecule has 0 N–H and O–H groups in total. The Morgan fingerprint density at radius 3 is 2.92 bits per heavy atom. The molecular formula is C9H16NO2P. The van der Waals surface area contributed by atoms with E-state index in [0.29, 0.717) is 5.90 Å². The maximum Gasteiger partial charge on any atom is 0.208 e. The quantitative estimate of drug-likeness (QED) is 0.643. The topological polar surface area (TPSA) is 38.7 Å². The number of ether oxygens (including phenoxy) is 1. The van der Waals surface area contributed by atoms with Gasteiger partial charge in [-0.05, 0) is 32.8 Å². The minimum atomic E-state index is -2.09. The second kappa shape index (κ2) is 4.10. The van der Waals surface area contributed by atoms with Crippen LogP contribution in [0.5, 0.6) is 0 Å². The maximum absolute atomic E-state index is 11.3. The van der Waals surface area contributed by atoms with Gasteiger partial charge in [-0.2, -0.15) is 0 Å². The largest absolute Gasteiger partial charge is 0.470 e. The highest BCUT2D eigenvalue weighted by Gasteiger charge is 2.11. The van der Waals surface area contributed by atoms with Gasteiger partial charge in [0.15, 0.2) is 0 Å². The Hall–Kier alpha value is -0.560. The lowest BCUT2D eigenvalue weighted by atomic mass is 10.2. The molecule has 0 bridgehead atoms. The molecule has 0 fully saturated rings. The lowest BCUT2D eigenvalue weighted by molar-refractivity contribution is 0.363. The number of hydrogen-bond acceptors (Lipinski definition) is 3. The third-order valence-electron chi connectivity index (χ3n) is 1.61. The summed E-state index contributed by atoms with van der Waals surface area (Å²) in [6.07, 6.45) is 5.12. The van der Waals surface area contributed by atoms with Crippen LogP contribution in [-0.2, 0) is 9.30 Å². The molecule has 1 aliphatic rings. The SMILES string of the molecule is CC1CC=CC(OCP(C)(C)=O)=N1. The Morgan fingerprint density at radius 2 is 2.38 bits per heavy atom. The van der Waals surface area contributed by atoms with Crippen molar-refractivity contribution < 1.29 is 9.30 Å². The molecule has 0 aromatic heterocycles. The molecule has 1 aliphatic heterocycles. The molecule has 1 unspecified atom stereocenters. The Balaban J connectivity index is 2.46. The van der Waals surface area contributed by atoms with Crippen molar-refractivity contribution in [1.82, 2.24) is 0 Å². The van der Waals surface area contributed by atoms with E-state index in [0.717, 1.165) is 6.42 Å².